The molecule has 4 heteroatoms. The summed E-state index contributed by atoms with van der Waals surface area (Å²) < 4.78 is 11.1. The maximum atomic E-state index is 12.1. The van der Waals surface area contributed by atoms with Crippen molar-refractivity contribution in [2.75, 3.05) is 32.8 Å². The largest absolute Gasteiger partial charge is 0.461 e. The monoisotopic (exact) mass is 283 g/mol. The Morgan fingerprint density at radius 2 is 2.00 bits per heavy atom. The van der Waals surface area contributed by atoms with Crippen molar-refractivity contribution in [3.05, 3.63) is 0 Å². The Hall–Kier alpha value is -0.610. The van der Waals surface area contributed by atoms with Crippen LogP contribution < -0.4 is 0 Å². The number of hydrogen-bond acceptors (Lipinski definition) is 4. The van der Waals surface area contributed by atoms with Gasteiger partial charge >= 0.3 is 5.97 Å². The third-order valence-corrected chi connectivity index (χ3v) is 4.70. The summed E-state index contributed by atoms with van der Waals surface area (Å²) in [6.07, 6.45) is 3.60. The van der Waals surface area contributed by atoms with E-state index < -0.39 is 0 Å². The number of hydrogen-bond donors (Lipinski definition) is 0. The van der Waals surface area contributed by atoms with Crippen LogP contribution in [0.5, 0.6) is 0 Å². The fraction of sp³-hybridized carbons (Fsp3) is 0.938. The van der Waals surface area contributed by atoms with Gasteiger partial charge in [-0.05, 0) is 30.6 Å². The van der Waals surface area contributed by atoms with Crippen molar-refractivity contribution in [2.24, 2.45) is 17.8 Å². The highest BCUT2D eigenvalue weighted by Crippen LogP contribution is 2.35. The SMILES string of the molecule is CC(C)[C@H]1CC[C@@H](C)C[C@H]1OC(=O)CN1CCOCC1. The Labute approximate surface area is 122 Å². The standard InChI is InChI=1S/C16H29NO3/c1-12(2)14-5-4-13(3)10-15(14)20-16(18)11-17-6-8-19-9-7-17/h12-15H,4-11H2,1-3H3/t13-,14-,15-/m1/s1. The quantitative estimate of drug-likeness (QED) is 0.742. The maximum Gasteiger partial charge on any atom is 0.320 e. The zero-order chi connectivity index (χ0) is 14.5. The van der Waals surface area contributed by atoms with E-state index in [0.29, 0.717) is 24.3 Å². The van der Waals surface area contributed by atoms with Gasteiger partial charge in [0.1, 0.15) is 6.10 Å². The Balaban J connectivity index is 1.83. The van der Waals surface area contributed by atoms with Gasteiger partial charge in [-0.2, -0.15) is 0 Å². The molecule has 0 spiro atoms. The van der Waals surface area contributed by atoms with Gasteiger partial charge in [-0.15, -0.1) is 0 Å². The smallest absolute Gasteiger partial charge is 0.320 e. The lowest BCUT2D eigenvalue weighted by atomic mass is 9.75. The first kappa shape index (κ1) is 15.8. The Bertz CT molecular complexity index is 313. The minimum Gasteiger partial charge on any atom is -0.461 e. The number of rotatable bonds is 4. The van der Waals surface area contributed by atoms with Gasteiger partial charge in [0.2, 0.25) is 0 Å². The number of esters is 1. The second-order valence-corrected chi connectivity index (χ2v) is 6.74. The van der Waals surface area contributed by atoms with Crippen LogP contribution in [-0.2, 0) is 14.3 Å². The minimum absolute atomic E-state index is 0.0587. The predicted molar refractivity (Wildman–Crippen MR) is 78.5 cm³/mol. The molecule has 3 atom stereocenters. The van der Waals surface area contributed by atoms with E-state index in [2.05, 4.69) is 25.7 Å². The first-order valence-electron chi connectivity index (χ1n) is 8.06. The second kappa shape index (κ2) is 7.41. The molecular formula is C16H29NO3. The molecule has 0 amide bonds. The highest BCUT2D eigenvalue weighted by Gasteiger charge is 2.33. The van der Waals surface area contributed by atoms with E-state index in [1.807, 2.05) is 0 Å². The first-order valence-corrected chi connectivity index (χ1v) is 8.06. The number of morpholine rings is 1. The van der Waals surface area contributed by atoms with Gasteiger partial charge in [0.05, 0.1) is 19.8 Å². The lowest BCUT2D eigenvalue weighted by Gasteiger charge is -2.37. The van der Waals surface area contributed by atoms with Crippen molar-refractivity contribution in [1.82, 2.24) is 4.90 Å². The molecule has 2 rings (SSSR count). The van der Waals surface area contributed by atoms with Crippen molar-refractivity contribution in [3.8, 4) is 0 Å². The highest BCUT2D eigenvalue weighted by atomic mass is 16.5. The van der Waals surface area contributed by atoms with Crippen molar-refractivity contribution in [3.63, 3.8) is 0 Å². The van der Waals surface area contributed by atoms with Gasteiger partial charge in [0.15, 0.2) is 0 Å². The summed E-state index contributed by atoms with van der Waals surface area (Å²) in [4.78, 5) is 14.3. The van der Waals surface area contributed by atoms with Gasteiger partial charge < -0.3 is 9.47 Å². The summed E-state index contributed by atoms with van der Waals surface area (Å²) in [6, 6.07) is 0. The Morgan fingerprint density at radius 3 is 2.65 bits per heavy atom. The van der Waals surface area contributed by atoms with Crippen LogP contribution in [-0.4, -0.2) is 49.8 Å². The van der Waals surface area contributed by atoms with Crippen LogP contribution in [0.15, 0.2) is 0 Å². The van der Waals surface area contributed by atoms with Gasteiger partial charge in [-0.3, -0.25) is 9.69 Å². The number of carbonyl (C=O) groups is 1. The van der Waals surface area contributed by atoms with E-state index in [1.165, 1.54) is 12.8 Å². The molecule has 0 unspecified atom stereocenters. The van der Waals surface area contributed by atoms with E-state index in [1.54, 1.807) is 0 Å². The fourth-order valence-electron chi connectivity index (χ4n) is 3.40. The third kappa shape index (κ3) is 4.45. The zero-order valence-electron chi connectivity index (χ0n) is 13.1. The maximum absolute atomic E-state index is 12.1. The van der Waals surface area contributed by atoms with Crippen LogP contribution in [0.4, 0.5) is 0 Å². The summed E-state index contributed by atoms with van der Waals surface area (Å²) >= 11 is 0. The molecule has 0 aromatic heterocycles. The topological polar surface area (TPSA) is 38.8 Å². The van der Waals surface area contributed by atoms with Crippen LogP contribution in [0.3, 0.4) is 0 Å². The van der Waals surface area contributed by atoms with Gasteiger partial charge in [-0.1, -0.05) is 27.2 Å². The van der Waals surface area contributed by atoms with Crippen LogP contribution in [0.1, 0.15) is 40.0 Å². The summed E-state index contributed by atoms with van der Waals surface area (Å²) in [5.41, 5.74) is 0. The minimum atomic E-state index is -0.0587. The molecule has 20 heavy (non-hydrogen) atoms. The molecule has 1 heterocycles. The van der Waals surface area contributed by atoms with Gasteiger partial charge in [0, 0.05) is 13.1 Å². The molecule has 0 N–H and O–H groups in total. The average molecular weight is 283 g/mol. The molecule has 4 nitrogen and oxygen atoms in total. The molecule has 0 radical (unpaired) electrons. The normalized spacial score (nSPS) is 32.3. The van der Waals surface area contributed by atoms with Crippen molar-refractivity contribution < 1.29 is 14.3 Å². The molecular weight excluding hydrogens is 254 g/mol. The van der Waals surface area contributed by atoms with Gasteiger partial charge in [0.25, 0.3) is 0 Å². The van der Waals surface area contributed by atoms with Gasteiger partial charge in [-0.25, -0.2) is 0 Å². The summed E-state index contributed by atoms with van der Waals surface area (Å²) in [5, 5.41) is 0. The highest BCUT2D eigenvalue weighted by molar-refractivity contribution is 5.71. The summed E-state index contributed by atoms with van der Waals surface area (Å²) in [5.74, 6) is 1.73. The zero-order valence-corrected chi connectivity index (χ0v) is 13.1. The van der Waals surface area contributed by atoms with Crippen LogP contribution >= 0.6 is 0 Å². The van der Waals surface area contributed by atoms with Crippen molar-refractivity contribution >= 4 is 5.97 Å². The van der Waals surface area contributed by atoms with Crippen LogP contribution in [0.25, 0.3) is 0 Å². The molecule has 0 aromatic carbocycles. The summed E-state index contributed by atoms with van der Waals surface area (Å²) in [7, 11) is 0. The van der Waals surface area contributed by atoms with E-state index in [9.17, 15) is 4.79 Å². The van der Waals surface area contributed by atoms with E-state index in [0.717, 1.165) is 32.7 Å². The molecule has 0 bridgehead atoms. The Kier molecular flexibility index (Phi) is 5.85. The molecule has 2 aliphatic rings. The lowest BCUT2D eigenvalue weighted by molar-refractivity contribution is -0.158. The molecule has 1 saturated carbocycles. The second-order valence-electron chi connectivity index (χ2n) is 6.74. The number of nitrogens with zero attached hydrogens (tertiary/aromatic N) is 1. The lowest BCUT2D eigenvalue weighted by Crippen LogP contribution is -2.42. The van der Waals surface area contributed by atoms with Crippen molar-refractivity contribution in [2.45, 2.75) is 46.1 Å². The van der Waals surface area contributed by atoms with Crippen LogP contribution in [0, 0.1) is 17.8 Å². The molecule has 1 saturated heterocycles. The molecule has 0 aromatic rings. The molecule has 1 aliphatic heterocycles. The molecule has 116 valence electrons. The summed E-state index contributed by atoms with van der Waals surface area (Å²) in [6.45, 7) is 10.3. The number of ether oxygens (including phenoxy) is 2. The molecule has 1 aliphatic carbocycles. The van der Waals surface area contributed by atoms with Crippen LogP contribution in [0.2, 0.25) is 0 Å². The van der Waals surface area contributed by atoms with E-state index >= 15 is 0 Å². The fourth-order valence-corrected chi connectivity index (χ4v) is 3.40. The van der Waals surface area contributed by atoms with E-state index in [4.69, 9.17) is 9.47 Å². The predicted octanol–water partition coefficient (Wildman–Crippen LogP) is 2.32. The average Bonchev–Trinajstić information content (AvgIpc) is 2.39. The van der Waals surface area contributed by atoms with Crippen molar-refractivity contribution in [1.29, 1.82) is 0 Å². The number of carbonyl (C=O) groups excluding carboxylic acids is 1. The Morgan fingerprint density at radius 1 is 1.30 bits per heavy atom. The third-order valence-electron chi connectivity index (χ3n) is 4.70. The first-order chi connectivity index (χ1) is 9.56. The molecule has 2 fully saturated rings. The van der Waals surface area contributed by atoms with E-state index in [-0.39, 0.29) is 12.1 Å².